The Bertz CT molecular complexity index is 954. The van der Waals surface area contributed by atoms with Gasteiger partial charge in [0.15, 0.2) is 0 Å². The minimum atomic E-state index is -0.929. The van der Waals surface area contributed by atoms with E-state index in [4.69, 9.17) is 5.26 Å². The first-order valence-corrected chi connectivity index (χ1v) is 7.56. The molecule has 2 aromatic rings. The molecule has 126 valence electrons. The smallest absolute Gasteiger partial charge is 0.300 e. The van der Waals surface area contributed by atoms with Crippen molar-refractivity contribution in [1.29, 1.82) is 5.26 Å². The Balaban J connectivity index is 1.91. The molecule has 3 rings (SSSR count). The summed E-state index contributed by atoms with van der Waals surface area (Å²) in [5.74, 6) is -1.65. The summed E-state index contributed by atoms with van der Waals surface area (Å²) in [7, 11) is 1.59. The van der Waals surface area contributed by atoms with Crippen molar-refractivity contribution in [3.63, 3.8) is 0 Å². The van der Waals surface area contributed by atoms with Crippen LogP contribution < -0.4 is 10.2 Å². The highest BCUT2D eigenvalue weighted by atomic mass is 16.2. The van der Waals surface area contributed by atoms with E-state index in [0.717, 1.165) is 5.56 Å². The van der Waals surface area contributed by atoms with E-state index in [0.29, 0.717) is 11.3 Å². The van der Waals surface area contributed by atoms with Crippen molar-refractivity contribution in [1.82, 2.24) is 9.78 Å². The lowest BCUT2D eigenvalue weighted by Gasteiger charge is -2.23. The van der Waals surface area contributed by atoms with Crippen molar-refractivity contribution in [2.45, 2.75) is 19.9 Å². The highest BCUT2D eigenvalue weighted by Gasteiger charge is 2.40. The number of fused-ring (bicyclic) bond motifs is 1. The van der Waals surface area contributed by atoms with Gasteiger partial charge in [-0.3, -0.25) is 24.0 Å². The Morgan fingerprint density at radius 2 is 2.08 bits per heavy atom. The summed E-state index contributed by atoms with van der Waals surface area (Å²) in [6.07, 6.45) is 1.34. The Labute approximate surface area is 143 Å². The first kappa shape index (κ1) is 16.4. The van der Waals surface area contributed by atoms with Crippen molar-refractivity contribution in [2.75, 3.05) is 10.2 Å². The Morgan fingerprint density at radius 1 is 1.36 bits per heavy atom. The van der Waals surface area contributed by atoms with Crippen molar-refractivity contribution >= 4 is 29.1 Å². The number of hydrogen-bond donors (Lipinski definition) is 1. The van der Waals surface area contributed by atoms with Crippen LogP contribution >= 0.6 is 0 Å². The van der Waals surface area contributed by atoms with E-state index < -0.39 is 23.6 Å². The second-order valence-electron chi connectivity index (χ2n) is 5.83. The van der Waals surface area contributed by atoms with Crippen LogP contribution in [0.1, 0.15) is 28.4 Å². The molecule has 8 nitrogen and oxygen atoms in total. The molecule has 1 aliphatic rings. The fraction of sp³-hybridized carbons (Fsp3) is 0.235. The normalized spacial score (nSPS) is 14.2. The van der Waals surface area contributed by atoms with Gasteiger partial charge in [0.2, 0.25) is 5.91 Å². The first-order valence-electron chi connectivity index (χ1n) is 7.56. The molecule has 1 aliphatic heterocycles. The number of aryl methyl sites for hydroxylation is 2. The molecule has 0 saturated carbocycles. The van der Waals surface area contributed by atoms with Gasteiger partial charge in [-0.1, -0.05) is 11.6 Å². The van der Waals surface area contributed by atoms with E-state index in [9.17, 15) is 14.4 Å². The molecule has 2 amide bonds. The molecule has 25 heavy (non-hydrogen) atoms. The minimum absolute atomic E-state index is 0.211. The van der Waals surface area contributed by atoms with Crippen LogP contribution in [0.4, 0.5) is 11.5 Å². The third kappa shape index (κ3) is 2.55. The third-order valence-corrected chi connectivity index (χ3v) is 4.14. The fourth-order valence-electron chi connectivity index (χ4n) is 2.77. The van der Waals surface area contributed by atoms with Crippen LogP contribution in [-0.2, 0) is 16.6 Å². The number of hydrogen-bond acceptors (Lipinski definition) is 5. The van der Waals surface area contributed by atoms with Crippen LogP contribution in [0.15, 0.2) is 24.4 Å². The van der Waals surface area contributed by atoms with E-state index in [1.54, 1.807) is 25.2 Å². The number of benzene rings is 1. The van der Waals surface area contributed by atoms with Crippen LogP contribution in [0.3, 0.4) is 0 Å². The number of ketones is 1. The number of aromatic nitrogens is 2. The maximum absolute atomic E-state index is 12.6. The number of Topliss-reactive ketones (excluding diaryl/α,β-unsaturated/α-hetero) is 1. The van der Waals surface area contributed by atoms with Crippen molar-refractivity contribution in [3.8, 4) is 6.07 Å². The maximum atomic E-state index is 12.6. The second kappa shape index (κ2) is 5.87. The lowest BCUT2D eigenvalue weighted by atomic mass is 10.1. The standard InChI is InChI=1S/C17H15N5O3/c1-9-4-5-13-12(6-9)14(23)17(25)22(13)10(2)16(24)20-15-11(7-18)8-19-21(15)3/h4-6,8,10H,1-3H3,(H,20,24). The number of amides is 2. The van der Waals surface area contributed by atoms with Gasteiger partial charge in [0.1, 0.15) is 23.5 Å². The quantitative estimate of drug-likeness (QED) is 0.845. The number of rotatable bonds is 3. The molecular weight excluding hydrogens is 322 g/mol. The van der Waals surface area contributed by atoms with Gasteiger partial charge in [-0.25, -0.2) is 0 Å². The number of carbonyl (C=O) groups is 3. The zero-order chi connectivity index (χ0) is 18.3. The average Bonchev–Trinajstić information content (AvgIpc) is 3.06. The summed E-state index contributed by atoms with van der Waals surface area (Å²) in [5, 5.41) is 15.6. The summed E-state index contributed by atoms with van der Waals surface area (Å²) in [6, 6.07) is 6.07. The molecule has 0 aliphatic carbocycles. The summed E-state index contributed by atoms with van der Waals surface area (Å²) >= 11 is 0. The van der Waals surface area contributed by atoms with Crippen LogP contribution in [0.25, 0.3) is 0 Å². The molecule has 1 aromatic carbocycles. The molecule has 0 fully saturated rings. The van der Waals surface area contributed by atoms with Crippen LogP contribution in [-0.4, -0.2) is 33.4 Å². The number of nitriles is 1. The van der Waals surface area contributed by atoms with E-state index in [-0.39, 0.29) is 11.4 Å². The lowest BCUT2D eigenvalue weighted by molar-refractivity contribution is -0.121. The van der Waals surface area contributed by atoms with Crippen LogP contribution in [0.2, 0.25) is 0 Å². The molecule has 0 saturated heterocycles. The Hall–Kier alpha value is -3.47. The number of anilines is 2. The van der Waals surface area contributed by atoms with Gasteiger partial charge in [0.05, 0.1) is 17.4 Å². The summed E-state index contributed by atoms with van der Waals surface area (Å²) in [4.78, 5) is 38.3. The van der Waals surface area contributed by atoms with Crippen LogP contribution in [0, 0.1) is 18.3 Å². The monoisotopic (exact) mass is 337 g/mol. The fourth-order valence-corrected chi connectivity index (χ4v) is 2.77. The largest absolute Gasteiger partial charge is 0.308 e. The molecule has 8 heteroatoms. The summed E-state index contributed by atoms with van der Waals surface area (Å²) < 4.78 is 1.36. The molecular formula is C17H15N5O3. The molecule has 1 aromatic heterocycles. The predicted octanol–water partition coefficient (Wildman–Crippen LogP) is 1.16. The molecule has 0 bridgehead atoms. The molecule has 0 radical (unpaired) electrons. The third-order valence-electron chi connectivity index (χ3n) is 4.14. The lowest BCUT2D eigenvalue weighted by Crippen LogP contribution is -2.45. The summed E-state index contributed by atoms with van der Waals surface area (Å²) in [5.41, 5.74) is 1.77. The SMILES string of the molecule is Cc1ccc2c(c1)C(=O)C(=O)N2C(C)C(=O)Nc1c(C#N)cnn1C. The van der Waals surface area contributed by atoms with Gasteiger partial charge in [0.25, 0.3) is 11.7 Å². The highest BCUT2D eigenvalue weighted by Crippen LogP contribution is 2.31. The van der Waals surface area contributed by atoms with Gasteiger partial charge in [-0.05, 0) is 26.0 Å². The van der Waals surface area contributed by atoms with Gasteiger partial charge in [0, 0.05) is 7.05 Å². The second-order valence-corrected chi connectivity index (χ2v) is 5.83. The van der Waals surface area contributed by atoms with E-state index in [1.807, 2.05) is 13.0 Å². The highest BCUT2D eigenvalue weighted by molar-refractivity contribution is 6.53. The van der Waals surface area contributed by atoms with Gasteiger partial charge in [-0.2, -0.15) is 10.4 Å². The zero-order valence-electron chi connectivity index (χ0n) is 13.9. The maximum Gasteiger partial charge on any atom is 0.300 e. The van der Waals surface area contributed by atoms with Gasteiger partial charge < -0.3 is 5.32 Å². The van der Waals surface area contributed by atoms with E-state index >= 15 is 0 Å². The zero-order valence-corrected chi connectivity index (χ0v) is 13.9. The number of carbonyl (C=O) groups excluding carboxylic acids is 3. The van der Waals surface area contributed by atoms with Crippen molar-refractivity contribution in [3.05, 3.63) is 41.1 Å². The molecule has 1 atom stereocenters. The van der Waals surface area contributed by atoms with Crippen molar-refractivity contribution < 1.29 is 14.4 Å². The predicted molar refractivity (Wildman–Crippen MR) is 89.0 cm³/mol. The molecule has 2 heterocycles. The molecule has 1 N–H and O–H groups in total. The molecule has 1 unspecified atom stereocenters. The summed E-state index contributed by atoms with van der Waals surface area (Å²) in [6.45, 7) is 3.35. The van der Waals surface area contributed by atoms with Crippen molar-refractivity contribution in [2.24, 2.45) is 7.05 Å². The average molecular weight is 337 g/mol. The molecule has 0 spiro atoms. The Kier molecular flexibility index (Phi) is 3.85. The number of nitrogens with one attached hydrogen (secondary N) is 1. The number of nitrogens with zero attached hydrogens (tertiary/aromatic N) is 4. The van der Waals surface area contributed by atoms with E-state index in [2.05, 4.69) is 10.4 Å². The Morgan fingerprint density at radius 3 is 2.76 bits per heavy atom. The van der Waals surface area contributed by atoms with E-state index in [1.165, 1.54) is 22.7 Å². The van der Waals surface area contributed by atoms with Gasteiger partial charge in [-0.15, -0.1) is 0 Å². The minimum Gasteiger partial charge on any atom is -0.308 e. The van der Waals surface area contributed by atoms with Crippen LogP contribution in [0.5, 0.6) is 0 Å². The van der Waals surface area contributed by atoms with Gasteiger partial charge >= 0.3 is 0 Å². The topological polar surface area (TPSA) is 108 Å². The first-order chi connectivity index (χ1) is 11.8.